The van der Waals surface area contributed by atoms with Crippen LogP contribution in [0.2, 0.25) is 0 Å². The Kier molecular flexibility index (Phi) is 5.60. The quantitative estimate of drug-likeness (QED) is 0.873. The van der Waals surface area contributed by atoms with Crippen LogP contribution in [0.3, 0.4) is 0 Å². The molecule has 1 aliphatic heterocycles. The lowest BCUT2D eigenvalue weighted by Gasteiger charge is -2.27. The van der Waals surface area contributed by atoms with Crippen molar-refractivity contribution in [1.82, 2.24) is 20.0 Å². The van der Waals surface area contributed by atoms with Crippen molar-refractivity contribution in [2.75, 3.05) is 34.4 Å². The van der Waals surface area contributed by atoms with Crippen molar-refractivity contribution >= 4 is 0 Å². The normalized spacial score (nSPS) is 18.4. The number of aromatic nitrogens is 2. The molecule has 2 atom stereocenters. The number of nitrogens with one attached hydrogen (secondary N) is 1. The maximum Gasteiger partial charge on any atom is 0.127 e. The van der Waals surface area contributed by atoms with Crippen LogP contribution in [-0.4, -0.2) is 49.0 Å². The highest BCUT2D eigenvalue weighted by atomic mass is 16.5. The maximum absolute atomic E-state index is 5.92. The summed E-state index contributed by atoms with van der Waals surface area (Å²) < 4.78 is 13.1. The van der Waals surface area contributed by atoms with Gasteiger partial charge in [0.15, 0.2) is 0 Å². The first-order valence-electron chi connectivity index (χ1n) is 8.77. The number of fused-ring (bicyclic) bond motifs is 1. The highest BCUT2D eigenvalue weighted by molar-refractivity contribution is 5.43. The molecule has 0 spiro atoms. The van der Waals surface area contributed by atoms with Crippen LogP contribution in [0.4, 0.5) is 0 Å². The number of hydrogen-bond acceptors (Lipinski definition) is 5. The predicted octanol–water partition coefficient (Wildman–Crippen LogP) is 2.53. The molecule has 0 amide bonds. The molecule has 0 aliphatic carbocycles. The first-order chi connectivity index (χ1) is 12.1. The van der Waals surface area contributed by atoms with Crippen molar-refractivity contribution in [3.05, 3.63) is 41.7 Å². The summed E-state index contributed by atoms with van der Waals surface area (Å²) in [6.07, 6.45) is 6.13. The van der Waals surface area contributed by atoms with E-state index in [1.807, 2.05) is 30.1 Å². The third-order valence-corrected chi connectivity index (χ3v) is 4.78. The van der Waals surface area contributed by atoms with Crippen LogP contribution < -0.4 is 14.8 Å². The van der Waals surface area contributed by atoms with E-state index in [4.69, 9.17) is 9.47 Å². The molecule has 0 saturated carbocycles. The average Bonchev–Trinajstić information content (AvgIpc) is 2.91. The molecule has 1 N–H and O–H groups in total. The Morgan fingerprint density at radius 3 is 2.96 bits per heavy atom. The summed E-state index contributed by atoms with van der Waals surface area (Å²) in [6.45, 7) is 1.60. The molecule has 0 bridgehead atoms. The van der Waals surface area contributed by atoms with Gasteiger partial charge in [-0.15, -0.1) is 0 Å². The topological polar surface area (TPSA) is 51.6 Å². The van der Waals surface area contributed by atoms with E-state index in [9.17, 15) is 0 Å². The number of likely N-dealkylation sites (N-methyl/N-ethyl adjacent to an activating group) is 1. The molecule has 1 aromatic heterocycles. The molecule has 0 saturated heterocycles. The third-order valence-electron chi connectivity index (χ3n) is 4.78. The Labute approximate surface area is 149 Å². The van der Waals surface area contributed by atoms with Gasteiger partial charge in [-0.2, -0.15) is 5.10 Å². The van der Waals surface area contributed by atoms with Gasteiger partial charge >= 0.3 is 0 Å². The summed E-state index contributed by atoms with van der Waals surface area (Å²) in [5, 5.41) is 8.06. The molecule has 3 rings (SSSR count). The number of rotatable bonds is 6. The summed E-state index contributed by atoms with van der Waals surface area (Å²) in [6, 6.07) is 6.67. The fourth-order valence-corrected chi connectivity index (χ4v) is 3.36. The van der Waals surface area contributed by atoms with Gasteiger partial charge in [-0.1, -0.05) is 6.07 Å². The van der Waals surface area contributed by atoms with Gasteiger partial charge in [0.05, 0.1) is 19.9 Å². The van der Waals surface area contributed by atoms with Crippen LogP contribution in [0.1, 0.15) is 36.1 Å². The van der Waals surface area contributed by atoms with E-state index in [2.05, 4.69) is 41.7 Å². The van der Waals surface area contributed by atoms with Crippen LogP contribution in [0, 0.1) is 0 Å². The molecule has 1 aliphatic rings. The number of methoxy groups -OCH3 is 1. The minimum absolute atomic E-state index is 0.277. The van der Waals surface area contributed by atoms with Gasteiger partial charge in [0.1, 0.15) is 11.5 Å². The molecule has 25 heavy (non-hydrogen) atoms. The average molecular weight is 344 g/mol. The van der Waals surface area contributed by atoms with Crippen LogP contribution in [0.5, 0.6) is 11.5 Å². The standard InChI is InChI=1S/C19H28N4O2/c1-22(2)18(14-11-21-23(3)13-14)12-20-17-6-5-9-25-19-10-15(24-4)7-8-16(17)19/h7-8,10-11,13,17-18,20H,5-6,9,12H2,1-4H3/t17-,18-/m0/s1. The number of benzene rings is 1. The molecule has 136 valence electrons. The predicted molar refractivity (Wildman–Crippen MR) is 98.1 cm³/mol. The second-order valence-electron chi connectivity index (χ2n) is 6.78. The lowest BCUT2D eigenvalue weighted by Crippen LogP contribution is -2.33. The summed E-state index contributed by atoms with van der Waals surface area (Å²) in [5.41, 5.74) is 2.43. The largest absolute Gasteiger partial charge is 0.497 e. The first kappa shape index (κ1) is 17.8. The molecule has 6 nitrogen and oxygen atoms in total. The maximum atomic E-state index is 5.92. The van der Waals surface area contributed by atoms with E-state index in [0.29, 0.717) is 0 Å². The van der Waals surface area contributed by atoms with Crippen molar-refractivity contribution in [1.29, 1.82) is 0 Å². The van der Waals surface area contributed by atoms with Crippen molar-refractivity contribution in [2.24, 2.45) is 7.05 Å². The Morgan fingerprint density at radius 2 is 2.28 bits per heavy atom. The Morgan fingerprint density at radius 1 is 1.44 bits per heavy atom. The van der Waals surface area contributed by atoms with E-state index < -0.39 is 0 Å². The van der Waals surface area contributed by atoms with Gasteiger partial charge in [0.2, 0.25) is 0 Å². The van der Waals surface area contributed by atoms with Gasteiger partial charge in [-0.05, 0) is 33.0 Å². The third kappa shape index (κ3) is 4.14. The number of hydrogen-bond donors (Lipinski definition) is 1. The van der Waals surface area contributed by atoms with Crippen molar-refractivity contribution in [2.45, 2.75) is 24.9 Å². The van der Waals surface area contributed by atoms with Crippen molar-refractivity contribution < 1.29 is 9.47 Å². The van der Waals surface area contributed by atoms with Gasteiger partial charge < -0.3 is 19.7 Å². The van der Waals surface area contributed by atoms with Gasteiger partial charge in [0.25, 0.3) is 0 Å². The second-order valence-corrected chi connectivity index (χ2v) is 6.78. The number of ether oxygens (including phenoxy) is 2. The van der Waals surface area contributed by atoms with Crippen molar-refractivity contribution in [3.63, 3.8) is 0 Å². The van der Waals surface area contributed by atoms with Gasteiger partial charge in [0, 0.05) is 49.1 Å². The van der Waals surface area contributed by atoms with Gasteiger partial charge in [-0.3, -0.25) is 4.68 Å². The number of nitrogens with zero attached hydrogens (tertiary/aromatic N) is 3. The van der Waals surface area contributed by atoms with E-state index in [1.165, 1.54) is 11.1 Å². The van der Waals surface area contributed by atoms with Gasteiger partial charge in [-0.25, -0.2) is 0 Å². The molecule has 0 fully saturated rings. The SMILES string of the molecule is COc1ccc2c(c1)OCCC[C@@H]2NC[C@@H](c1cnn(C)c1)N(C)C. The minimum Gasteiger partial charge on any atom is -0.497 e. The van der Waals surface area contributed by atoms with Crippen LogP contribution in [-0.2, 0) is 7.05 Å². The van der Waals surface area contributed by atoms with E-state index in [-0.39, 0.29) is 12.1 Å². The fraction of sp³-hybridized carbons (Fsp3) is 0.526. The highest BCUT2D eigenvalue weighted by Crippen LogP contribution is 2.34. The lowest BCUT2D eigenvalue weighted by atomic mass is 10.0. The summed E-state index contributed by atoms with van der Waals surface area (Å²) in [5.74, 6) is 1.76. The zero-order chi connectivity index (χ0) is 17.8. The number of aryl methyl sites for hydroxylation is 1. The second kappa shape index (κ2) is 7.89. The zero-order valence-electron chi connectivity index (χ0n) is 15.5. The molecular formula is C19H28N4O2. The highest BCUT2D eigenvalue weighted by Gasteiger charge is 2.23. The summed E-state index contributed by atoms with van der Waals surface area (Å²) in [4.78, 5) is 2.23. The Balaban J connectivity index is 1.75. The summed E-state index contributed by atoms with van der Waals surface area (Å²) in [7, 11) is 7.85. The van der Waals surface area contributed by atoms with E-state index >= 15 is 0 Å². The Bertz CT molecular complexity index is 698. The molecule has 2 aromatic rings. The molecule has 0 unspecified atom stereocenters. The first-order valence-corrected chi connectivity index (χ1v) is 8.77. The van der Waals surface area contributed by atoms with Crippen LogP contribution >= 0.6 is 0 Å². The fourth-order valence-electron chi connectivity index (χ4n) is 3.36. The van der Waals surface area contributed by atoms with E-state index in [1.54, 1.807) is 7.11 Å². The smallest absolute Gasteiger partial charge is 0.127 e. The van der Waals surface area contributed by atoms with E-state index in [0.717, 1.165) is 37.5 Å². The van der Waals surface area contributed by atoms with Crippen LogP contribution in [0.15, 0.2) is 30.6 Å². The molecule has 0 radical (unpaired) electrons. The molecule has 2 heterocycles. The Hall–Kier alpha value is -2.05. The van der Waals surface area contributed by atoms with Crippen molar-refractivity contribution in [3.8, 4) is 11.5 Å². The monoisotopic (exact) mass is 344 g/mol. The van der Waals surface area contributed by atoms with Crippen LogP contribution in [0.25, 0.3) is 0 Å². The zero-order valence-corrected chi connectivity index (χ0v) is 15.5. The minimum atomic E-state index is 0.277. The lowest BCUT2D eigenvalue weighted by molar-refractivity contribution is 0.276. The molecule has 6 heteroatoms. The molecule has 1 aromatic carbocycles. The summed E-state index contributed by atoms with van der Waals surface area (Å²) >= 11 is 0. The molecular weight excluding hydrogens is 316 g/mol.